The molecule has 30 heavy (non-hydrogen) atoms. The number of carbonyl (C=O) groups excluding carboxylic acids is 2. The monoisotopic (exact) mass is 451 g/mol. The van der Waals surface area contributed by atoms with E-state index in [0.717, 1.165) is 5.56 Å². The Balaban J connectivity index is 1.65. The Hall–Kier alpha value is -2.49. The molecule has 1 aliphatic rings. The fourth-order valence-electron chi connectivity index (χ4n) is 3.14. The van der Waals surface area contributed by atoms with Crippen LogP contribution in [0.1, 0.15) is 24.8 Å². The van der Waals surface area contributed by atoms with Crippen LogP contribution < -0.4 is 5.32 Å². The third kappa shape index (κ3) is 5.35. The van der Waals surface area contributed by atoms with E-state index >= 15 is 0 Å². The molecule has 1 aromatic heterocycles. The third-order valence-electron chi connectivity index (χ3n) is 4.69. The molecule has 1 aromatic carbocycles. The van der Waals surface area contributed by atoms with Gasteiger partial charge >= 0.3 is 5.97 Å². The SMILES string of the molecule is Cc1ccc(S(=O)(=O)N2CCCCC2C(=O)OCC(=O)Nc2ccc(Cl)cn2)cc1. The summed E-state index contributed by atoms with van der Waals surface area (Å²) in [7, 11) is -3.85. The minimum atomic E-state index is -3.85. The molecule has 2 heterocycles. The highest BCUT2D eigenvalue weighted by Crippen LogP contribution is 2.26. The highest BCUT2D eigenvalue weighted by Gasteiger charge is 2.38. The van der Waals surface area contributed by atoms with Gasteiger partial charge in [0.25, 0.3) is 5.91 Å². The largest absolute Gasteiger partial charge is 0.454 e. The number of benzene rings is 1. The number of rotatable bonds is 6. The van der Waals surface area contributed by atoms with Crippen molar-refractivity contribution in [3.05, 3.63) is 53.2 Å². The second-order valence-electron chi connectivity index (χ2n) is 6.96. The van der Waals surface area contributed by atoms with Crippen LogP contribution in [0.2, 0.25) is 5.02 Å². The van der Waals surface area contributed by atoms with Gasteiger partial charge in [-0.2, -0.15) is 4.31 Å². The van der Waals surface area contributed by atoms with Gasteiger partial charge in [-0.05, 0) is 50.5 Å². The van der Waals surface area contributed by atoms with E-state index in [1.165, 1.54) is 28.7 Å². The molecule has 8 nitrogen and oxygen atoms in total. The summed E-state index contributed by atoms with van der Waals surface area (Å²) >= 11 is 5.74. The molecule has 1 atom stereocenters. The lowest BCUT2D eigenvalue weighted by Gasteiger charge is -2.33. The van der Waals surface area contributed by atoms with Crippen LogP contribution in [0.4, 0.5) is 5.82 Å². The maximum atomic E-state index is 13.0. The van der Waals surface area contributed by atoms with Gasteiger partial charge in [0.2, 0.25) is 10.0 Å². The van der Waals surface area contributed by atoms with Crippen molar-refractivity contribution in [2.45, 2.75) is 37.1 Å². The van der Waals surface area contributed by atoms with Gasteiger partial charge < -0.3 is 10.1 Å². The predicted molar refractivity (Wildman–Crippen MR) is 112 cm³/mol. The number of esters is 1. The van der Waals surface area contributed by atoms with Crippen LogP contribution in [-0.4, -0.2) is 48.8 Å². The van der Waals surface area contributed by atoms with Crippen molar-refractivity contribution in [2.24, 2.45) is 0 Å². The van der Waals surface area contributed by atoms with E-state index in [2.05, 4.69) is 10.3 Å². The van der Waals surface area contributed by atoms with E-state index in [0.29, 0.717) is 24.3 Å². The van der Waals surface area contributed by atoms with Crippen LogP contribution in [-0.2, 0) is 24.3 Å². The molecule has 2 aromatic rings. The molecule has 0 bridgehead atoms. The second-order valence-corrected chi connectivity index (χ2v) is 9.28. The van der Waals surface area contributed by atoms with Crippen molar-refractivity contribution in [1.29, 1.82) is 0 Å². The molecule has 1 N–H and O–H groups in total. The van der Waals surface area contributed by atoms with E-state index in [9.17, 15) is 18.0 Å². The van der Waals surface area contributed by atoms with E-state index in [-0.39, 0.29) is 17.3 Å². The predicted octanol–water partition coefficient (Wildman–Crippen LogP) is 2.77. The van der Waals surface area contributed by atoms with E-state index < -0.39 is 34.5 Å². The van der Waals surface area contributed by atoms with Gasteiger partial charge in [0, 0.05) is 12.7 Å². The molecule has 1 fully saturated rings. The fraction of sp³-hybridized carbons (Fsp3) is 0.350. The number of anilines is 1. The summed E-state index contributed by atoms with van der Waals surface area (Å²) in [5.41, 5.74) is 0.935. The standard InChI is InChI=1S/C20H22ClN3O5S/c1-14-5-8-16(9-6-14)30(27,28)24-11-3-2-4-17(24)20(26)29-13-19(25)23-18-10-7-15(21)12-22-18/h5-10,12,17H,2-4,11,13H2,1H3,(H,22,23,25). The Morgan fingerprint density at radius 3 is 2.60 bits per heavy atom. The Kier molecular flexibility index (Phi) is 7.06. The van der Waals surface area contributed by atoms with Crippen molar-refractivity contribution in [3.8, 4) is 0 Å². The van der Waals surface area contributed by atoms with Crippen molar-refractivity contribution >= 4 is 39.3 Å². The molecule has 1 aliphatic heterocycles. The first kappa shape index (κ1) is 22.2. The summed E-state index contributed by atoms with van der Waals surface area (Å²) in [4.78, 5) is 28.7. The first-order chi connectivity index (χ1) is 14.3. The zero-order valence-electron chi connectivity index (χ0n) is 16.4. The highest BCUT2D eigenvalue weighted by molar-refractivity contribution is 7.89. The number of piperidine rings is 1. The van der Waals surface area contributed by atoms with Crippen LogP contribution >= 0.6 is 11.6 Å². The molecule has 0 aliphatic carbocycles. The summed E-state index contributed by atoms with van der Waals surface area (Å²) < 4.78 is 32.4. The van der Waals surface area contributed by atoms with Crippen molar-refractivity contribution < 1.29 is 22.7 Å². The molecule has 0 spiro atoms. The van der Waals surface area contributed by atoms with Crippen LogP contribution in [0.25, 0.3) is 0 Å². The molecule has 0 saturated carbocycles. The molecular weight excluding hydrogens is 430 g/mol. The van der Waals surface area contributed by atoms with Gasteiger partial charge in [-0.15, -0.1) is 0 Å². The van der Waals surface area contributed by atoms with E-state index in [1.807, 2.05) is 6.92 Å². The lowest BCUT2D eigenvalue weighted by Crippen LogP contribution is -2.48. The number of sulfonamides is 1. The number of carbonyl (C=O) groups is 2. The molecule has 1 saturated heterocycles. The fourth-order valence-corrected chi connectivity index (χ4v) is 4.89. The van der Waals surface area contributed by atoms with Gasteiger partial charge in [-0.3, -0.25) is 9.59 Å². The summed E-state index contributed by atoms with van der Waals surface area (Å²) in [6, 6.07) is 8.57. The molecule has 3 rings (SSSR count). The quantitative estimate of drug-likeness (QED) is 0.677. The Morgan fingerprint density at radius 1 is 1.20 bits per heavy atom. The minimum Gasteiger partial charge on any atom is -0.454 e. The molecule has 160 valence electrons. The highest BCUT2D eigenvalue weighted by atomic mass is 35.5. The lowest BCUT2D eigenvalue weighted by atomic mass is 10.1. The van der Waals surface area contributed by atoms with Crippen LogP contribution in [0.3, 0.4) is 0 Å². The average molecular weight is 452 g/mol. The summed E-state index contributed by atoms with van der Waals surface area (Å²) in [5, 5.41) is 2.91. The Bertz CT molecular complexity index is 1010. The normalized spacial score (nSPS) is 17.3. The van der Waals surface area contributed by atoms with Crippen LogP contribution in [0.15, 0.2) is 47.5 Å². The van der Waals surface area contributed by atoms with Gasteiger partial charge in [-0.1, -0.05) is 29.3 Å². The molecule has 1 unspecified atom stereocenters. The van der Waals surface area contributed by atoms with Crippen LogP contribution in [0.5, 0.6) is 0 Å². The van der Waals surface area contributed by atoms with Crippen molar-refractivity contribution in [1.82, 2.24) is 9.29 Å². The smallest absolute Gasteiger partial charge is 0.324 e. The number of nitrogens with one attached hydrogen (secondary N) is 1. The van der Waals surface area contributed by atoms with Crippen molar-refractivity contribution in [3.63, 3.8) is 0 Å². The number of aryl methyl sites for hydroxylation is 1. The molecular formula is C20H22ClN3O5S. The topological polar surface area (TPSA) is 106 Å². The number of amides is 1. The molecule has 10 heteroatoms. The average Bonchev–Trinajstić information content (AvgIpc) is 2.74. The van der Waals surface area contributed by atoms with Gasteiger partial charge in [-0.25, -0.2) is 13.4 Å². The second kappa shape index (κ2) is 9.55. The number of aromatic nitrogens is 1. The number of halogens is 1. The number of pyridine rings is 1. The first-order valence-corrected chi connectivity index (χ1v) is 11.3. The number of hydrogen-bond acceptors (Lipinski definition) is 6. The third-order valence-corrected chi connectivity index (χ3v) is 6.84. The summed E-state index contributed by atoms with van der Waals surface area (Å²) in [5.74, 6) is -1.06. The van der Waals surface area contributed by atoms with Crippen molar-refractivity contribution in [2.75, 3.05) is 18.5 Å². The zero-order valence-corrected chi connectivity index (χ0v) is 17.9. The van der Waals surface area contributed by atoms with Gasteiger partial charge in [0.15, 0.2) is 6.61 Å². The summed E-state index contributed by atoms with van der Waals surface area (Å²) in [6.45, 7) is 1.54. The Morgan fingerprint density at radius 2 is 1.93 bits per heavy atom. The van der Waals surface area contributed by atoms with Crippen LogP contribution in [0, 0.1) is 6.92 Å². The van der Waals surface area contributed by atoms with Gasteiger partial charge in [0.1, 0.15) is 11.9 Å². The zero-order chi connectivity index (χ0) is 21.7. The molecule has 1 amide bonds. The number of nitrogens with zero attached hydrogens (tertiary/aromatic N) is 2. The van der Waals surface area contributed by atoms with Gasteiger partial charge in [0.05, 0.1) is 9.92 Å². The number of ether oxygens (including phenoxy) is 1. The minimum absolute atomic E-state index is 0.124. The number of hydrogen-bond donors (Lipinski definition) is 1. The van der Waals surface area contributed by atoms with E-state index in [4.69, 9.17) is 16.3 Å². The maximum absolute atomic E-state index is 13.0. The lowest BCUT2D eigenvalue weighted by molar-refractivity contribution is -0.152. The first-order valence-electron chi connectivity index (χ1n) is 9.44. The Labute approximate surface area is 180 Å². The summed E-state index contributed by atoms with van der Waals surface area (Å²) in [6.07, 6.45) is 3.06. The van der Waals surface area contributed by atoms with E-state index in [1.54, 1.807) is 18.2 Å². The maximum Gasteiger partial charge on any atom is 0.324 e. The molecule has 0 radical (unpaired) electrons.